The summed E-state index contributed by atoms with van der Waals surface area (Å²) in [4.78, 5) is 22.9. The van der Waals surface area contributed by atoms with Gasteiger partial charge in [-0.25, -0.2) is 9.97 Å². The maximum absolute atomic E-state index is 12.2. The molecule has 0 spiro atoms. The fraction of sp³-hybridized carbons (Fsp3) is 0.167. The van der Waals surface area contributed by atoms with Crippen LogP contribution in [-0.2, 0) is 4.79 Å². The summed E-state index contributed by atoms with van der Waals surface area (Å²) >= 11 is 6.13. The maximum Gasteiger partial charge on any atom is 0.270 e. The van der Waals surface area contributed by atoms with E-state index in [9.17, 15) is 4.79 Å². The average Bonchev–Trinajstić information content (AvgIpc) is 2.78. The Bertz CT molecular complexity index is 1070. The van der Waals surface area contributed by atoms with Crippen LogP contribution >= 0.6 is 11.6 Å². The molecule has 3 aliphatic rings. The summed E-state index contributed by atoms with van der Waals surface area (Å²) < 4.78 is 0. The molecule has 7 heteroatoms. The van der Waals surface area contributed by atoms with Crippen molar-refractivity contribution < 1.29 is 4.79 Å². The molecule has 1 aromatic carbocycles. The number of nitrogens with one attached hydrogen (secondary N) is 2. The van der Waals surface area contributed by atoms with Crippen molar-refractivity contribution in [3.8, 4) is 0 Å². The molecule has 1 atom stereocenters. The van der Waals surface area contributed by atoms with Gasteiger partial charge in [0, 0.05) is 10.4 Å². The van der Waals surface area contributed by atoms with Crippen molar-refractivity contribution in [3.05, 3.63) is 64.4 Å². The van der Waals surface area contributed by atoms with Crippen LogP contribution in [-0.4, -0.2) is 26.4 Å². The Balaban J connectivity index is 1.62. The normalized spacial score (nSPS) is 23.8. The molecule has 25 heavy (non-hydrogen) atoms. The highest BCUT2D eigenvalue weighted by atomic mass is 35.5. The first-order valence-electron chi connectivity index (χ1n) is 7.92. The van der Waals surface area contributed by atoms with Gasteiger partial charge in [0.15, 0.2) is 0 Å². The number of carbonyl (C=O) groups is 1. The summed E-state index contributed by atoms with van der Waals surface area (Å²) in [6.07, 6.45) is 5.54. The lowest BCUT2D eigenvalue weighted by Crippen LogP contribution is -2.55. The van der Waals surface area contributed by atoms with E-state index in [-0.39, 0.29) is 5.91 Å². The van der Waals surface area contributed by atoms with Crippen LogP contribution < -0.4 is 10.6 Å². The van der Waals surface area contributed by atoms with E-state index >= 15 is 0 Å². The molecule has 3 aliphatic heterocycles. The van der Waals surface area contributed by atoms with Crippen molar-refractivity contribution in [2.24, 2.45) is 0 Å². The number of rotatable bonds is 2. The number of carbonyl (C=O) groups excluding carboxylic acids is 1. The molecule has 0 saturated carbocycles. The molecule has 2 N–H and O–H groups in total. The van der Waals surface area contributed by atoms with Gasteiger partial charge in [-0.3, -0.25) is 4.79 Å². The summed E-state index contributed by atoms with van der Waals surface area (Å²) in [5, 5.41) is 7.86. The number of hydrogen-bond acceptors (Lipinski definition) is 5. The van der Waals surface area contributed by atoms with Gasteiger partial charge in [0.05, 0.1) is 16.9 Å². The molecule has 0 aliphatic carbocycles. The topological polar surface area (TPSA) is 70.1 Å². The first-order chi connectivity index (χ1) is 12.0. The van der Waals surface area contributed by atoms with Crippen LogP contribution in [0, 0.1) is 0 Å². The highest BCUT2D eigenvalue weighted by molar-refractivity contribution is 6.31. The minimum absolute atomic E-state index is 0.0409. The number of benzene rings is 1. The van der Waals surface area contributed by atoms with Gasteiger partial charge < -0.3 is 15.5 Å². The monoisotopic (exact) mass is 351 g/mol. The van der Waals surface area contributed by atoms with Gasteiger partial charge >= 0.3 is 0 Å². The largest absolute Gasteiger partial charge is 0.338 e. The van der Waals surface area contributed by atoms with Gasteiger partial charge in [0.1, 0.15) is 23.5 Å². The molecule has 5 rings (SSSR count). The van der Waals surface area contributed by atoms with Gasteiger partial charge in [-0.15, -0.1) is 0 Å². The summed E-state index contributed by atoms with van der Waals surface area (Å²) in [7, 11) is 0. The number of allylic oxidation sites excluding steroid dienone is 2. The van der Waals surface area contributed by atoms with E-state index in [4.69, 9.17) is 11.6 Å². The van der Waals surface area contributed by atoms with E-state index < -0.39 is 5.66 Å². The lowest BCUT2D eigenvalue weighted by molar-refractivity contribution is -0.116. The number of aromatic nitrogens is 2. The van der Waals surface area contributed by atoms with Crippen molar-refractivity contribution in [1.82, 2.24) is 20.2 Å². The SMILES string of the molecule is CC1=C2C(=O)NC3(C)C=C(C(Nc4ncnc5ccc(Cl)cc45)=C1)N23. The molecule has 0 bridgehead atoms. The highest BCUT2D eigenvalue weighted by Gasteiger charge is 2.53. The second-order valence-electron chi connectivity index (χ2n) is 6.57. The van der Waals surface area contributed by atoms with Crippen molar-refractivity contribution >= 4 is 34.2 Å². The second-order valence-corrected chi connectivity index (χ2v) is 7.00. The van der Waals surface area contributed by atoms with Crippen molar-refractivity contribution in [3.63, 3.8) is 0 Å². The molecule has 1 aromatic heterocycles. The van der Waals surface area contributed by atoms with Crippen LogP contribution in [0.25, 0.3) is 10.9 Å². The average molecular weight is 352 g/mol. The van der Waals surface area contributed by atoms with Crippen molar-refractivity contribution in [1.29, 1.82) is 0 Å². The quantitative estimate of drug-likeness (QED) is 0.870. The Morgan fingerprint density at radius 2 is 2.16 bits per heavy atom. The standard InChI is InChI=1S/C18H14ClN5O/c1-9-5-13(14-7-18(2)23-17(25)15(9)24(14)18)22-16-11-6-10(19)3-4-12(11)20-8-21-16/h3-8H,1-2H3,(H,23,25)(H,20,21,22). The van der Waals surface area contributed by atoms with Crippen LogP contribution in [0.1, 0.15) is 13.8 Å². The summed E-state index contributed by atoms with van der Waals surface area (Å²) in [6.45, 7) is 3.92. The van der Waals surface area contributed by atoms with Crippen LogP contribution in [0.2, 0.25) is 5.02 Å². The van der Waals surface area contributed by atoms with Crippen LogP contribution in [0.4, 0.5) is 5.82 Å². The number of hydrogen-bond donors (Lipinski definition) is 2. The van der Waals surface area contributed by atoms with E-state index in [0.717, 1.165) is 27.9 Å². The third-order valence-electron chi connectivity index (χ3n) is 4.79. The van der Waals surface area contributed by atoms with Crippen LogP contribution in [0.15, 0.2) is 59.3 Å². The molecule has 6 nitrogen and oxygen atoms in total. The minimum Gasteiger partial charge on any atom is -0.338 e. The first-order valence-corrected chi connectivity index (χ1v) is 8.30. The predicted octanol–water partition coefficient (Wildman–Crippen LogP) is 2.91. The van der Waals surface area contributed by atoms with E-state index in [1.165, 1.54) is 6.33 Å². The Kier molecular flexibility index (Phi) is 2.67. The van der Waals surface area contributed by atoms with Crippen molar-refractivity contribution in [2.45, 2.75) is 19.5 Å². The van der Waals surface area contributed by atoms with Crippen LogP contribution in [0.5, 0.6) is 0 Å². The molecule has 1 amide bonds. The molecule has 2 aromatic rings. The second kappa shape index (κ2) is 4.61. The lowest BCUT2D eigenvalue weighted by atomic mass is 9.93. The number of anilines is 1. The van der Waals surface area contributed by atoms with E-state index in [1.54, 1.807) is 6.07 Å². The van der Waals surface area contributed by atoms with Crippen LogP contribution in [0.3, 0.4) is 0 Å². The molecule has 1 unspecified atom stereocenters. The summed E-state index contributed by atoms with van der Waals surface area (Å²) in [6, 6.07) is 5.52. The highest BCUT2D eigenvalue weighted by Crippen LogP contribution is 2.47. The summed E-state index contributed by atoms with van der Waals surface area (Å²) in [5.41, 5.74) is 3.86. The fourth-order valence-electron chi connectivity index (χ4n) is 3.68. The predicted molar refractivity (Wildman–Crippen MR) is 95.4 cm³/mol. The van der Waals surface area contributed by atoms with Gasteiger partial charge in [0.2, 0.25) is 0 Å². The Labute approximate surface area is 148 Å². The smallest absolute Gasteiger partial charge is 0.270 e. The van der Waals surface area contributed by atoms with Crippen molar-refractivity contribution in [2.75, 3.05) is 5.32 Å². The molecular formula is C18H14ClN5O. The number of amides is 1. The van der Waals surface area contributed by atoms with Gasteiger partial charge in [-0.1, -0.05) is 11.6 Å². The maximum atomic E-state index is 12.2. The zero-order valence-corrected chi connectivity index (χ0v) is 14.3. The molecule has 124 valence electrons. The van der Waals surface area contributed by atoms with E-state index in [0.29, 0.717) is 16.5 Å². The minimum atomic E-state index is -0.443. The zero-order valence-electron chi connectivity index (χ0n) is 13.6. The molecular weight excluding hydrogens is 338 g/mol. The molecule has 1 fully saturated rings. The first kappa shape index (κ1) is 14.5. The summed E-state index contributed by atoms with van der Waals surface area (Å²) in [5.74, 6) is 0.642. The zero-order chi connectivity index (χ0) is 17.3. The Morgan fingerprint density at radius 3 is 3.00 bits per heavy atom. The van der Waals surface area contributed by atoms with E-state index in [1.807, 2.05) is 43.0 Å². The number of nitrogens with zero attached hydrogens (tertiary/aromatic N) is 3. The van der Waals surface area contributed by atoms with E-state index in [2.05, 4.69) is 20.6 Å². The molecule has 0 radical (unpaired) electrons. The Morgan fingerprint density at radius 1 is 1.32 bits per heavy atom. The fourth-order valence-corrected chi connectivity index (χ4v) is 3.86. The lowest BCUT2D eigenvalue weighted by Gasteiger charge is -2.46. The molecule has 1 saturated heterocycles. The van der Waals surface area contributed by atoms with Gasteiger partial charge in [0.25, 0.3) is 5.91 Å². The number of halogens is 1. The van der Waals surface area contributed by atoms with Gasteiger partial charge in [-0.2, -0.15) is 0 Å². The Hall–Kier alpha value is -2.86. The van der Waals surface area contributed by atoms with Gasteiger partial charge in [-0.05, 0) is 49.8 Å². The number of fused-ring (bicyclic) bond motifs is 1. The molecule has 4 heterocycles. The third kappa shape index (κ3) is 1.88. The third-order valence-corrected chi connectivity index (χ3v) is 5.02.